The van der Waals surface area contributed by atoms with Gasteiger partial charge in [-0.2, -0.15) is 0 Å². The summed E-state index contributed by atoms with van der Waals surface area (Å²) in [6, 6.07) is 16.5. The van der Waals surface area contributed by atoms with Gasteiger partial charge in [0.2, 0.25) is 0 Å². The third-order valence-corrected chi connectivity index (χ3v) is 6.30. The predicted octanol–water partition coefficient (Wildman–Crippen LogP) is 3.59. The van der Waals surface area contributed by atoms with Crippen LogP contribution in [0.1, 0.15) is 44.4 Å². The number of thiazole rings is 1. The van der Waals surface area contributed by atoms with E-state index in [9.17, 15) is 9.59 Å². The van der Waals surface area contributed by atoms with Crippen LogP contribution in [-0.4, -0.2) is 23.8 Å². The van der Waals surface area contributed by atoms with Crippen LogP contribution in [0.3, 0.4) is 0 Å². The predicted molar refractivity (Wildman–Crippen MR) is 129 cm³/mol. The van der Waals surface area contributed by atoms with E-state index in [1.807, 2.05) is 81.4 Å². The summed E-state index contributed by atoms with van der Waals surface area (Å²) < 4.78 is 12.9. The van der Waals surface area contributed by atoms with Crippen molar-refractivity contribution in [2.45, 2.75) is 39.3 Å². The average molecular weight is 463 g/mol. The lowest BCUT2D eigenvalue weighted by Crippen LogP contribution is -2.40. The van der Waals surface area contributed by atoms with E-state index in [1.54, 1.807) is 4.57 Å². The number of carbonyl (C=O) groups is 1. The molecule has 33 heavy (non-hydrogen) atoms. The van der Waals surface area contributed by atoms with Crippen molar-refractivity contribution in [1.29, 1.82) is 0 Å². The number of rotatable bonds is 6. The monoisotopic (exact) mass is 462 g/mol. The zero-order valence-corrected chi connectivity index (χ0v) is 19.9. The highest BCUT2D eigenvalue weighted by molar-refractivity contribution is 7.07. The van der Waals surface area contributed by atoms with Crippen LogP contribution in [-0.2, 0) is 9.53 Å². The number of nitrogens with zero attached hydrogens (tertiary/aromatic N) is 2. The second kappa shape index (κ2) is 9.58. The Kier molecular flexibility index (Phi) is 6.60. The fourth-order valence-corrected chi connectivity index (χ4v) is 4.90. The fourth-order valence-electron chi connectivity index (χ4n) is 3.88. The van der Waals surface area contributed by atoms with Crippen molar-refractivity contribution >= 4 is 23.4 Å². The molecule has 2 aromatic carbocycles. The number of allylic oxidation sites excluding steroid dienone is 1. The molecule has 0 spiro atoms. The van der Waals surface area contributed by atoms with Gasteiger partial charge in [-0.05, 0) is 49.6 Å². The van der Waals surface area contributed by atoms with Gasteiger partial charge in [0.15, 0.2) is 4.80 Å². The summed E-state index contributed by atoms with van der Waals surface area (Å²) in [5, 5.41) is 0. The Bertz CT molecular complexity index is 1370. The van der Waals surface area contributed by atoms with Crippen molar-refractivity contribution in [1.82, 2.24) is 4.57 Å². The first kappa shape index (κ1) is 22.7. The molecule has 6 nitrogen and oxygen atoms in total. The second-order valence-electron chi connectivity index (χ2n) is 7.93. The SMILES string of the molecule is CCC1=C(C(=O)OC)[C@H](c2ccccc2)n2c(s/c(=C\c3ccc(OC(C)C)cc3)c2=O)=N1. The van der Waals surface area contributed by atoms with Crippen molar-refractivity contribution in [3.8, 4) is 5.75 Å². The highest BCUT2D eigenvalue weighted by Gasteiger charge is 2.33. The van der Waals surface area contributed by atoms with E-state index in [0.717, 1.165) is 16.9 Å². The molecule has 1 aromatic heterocycles. The van der Waals surface area contributed by atoms with Gasteiger partial charge >= 0.3 is 5.97 Å². The zero-order chi connectivity index (χ0) is 23.5. The Balaban J connectivity index is 1.88. The minimum Gasteiger partial charge on any atom is -0.491 e. The maximum atomic E-state index is 13.5. The molecule has 1 atom stereocenters. The minimum absolute atomic E-state index is 0.0919. The van der Waals surface area contributed by atoms with E-state index in [4.69, 9.17) is 9.47 Å². The summed E-state index contributed by atoms with van der Waals surface area (Å²) in [6.45, 7) is 5.90. The third-order valence-electron chi connectivity index (χ3n) is 5.32. The number of carbonyl (C=O) groups excluding carboxylic acids is 1. The molecule has 0 amide bonds. The molecule has 0 saturated heterocycles. The molecule has 170 valence electrons. The van der Waals surface area contributed by atoms with Gasteiger partial charge in [-0.25, -0.2) is 9.79 Å². The summed E-state index contributed by atoms with van der Waals surface area (Å²) in [6.07, 6.45) is 2.49. The molecule has 0 fully saturated rings. The quantitative estimate of drug-likeness (QED) is 0.525. The zero-order valence-electron chi connectivity index (χ0n) is 19.1. The van der Waals surface area contributed by atoms with E-state index in [-0.39, 0.29) is 11.7 Å². The molecule has 0 bridgehead atoms. The Hall–Kier alpha value is -3.45. The Morgan fingerprint density at radius 2 is 1.85 bits per heavy atom. The van der Waals surface area contributed by atoms with Crippen LogP contribution in [0.25, 0.3) is 6.08 Å². The normalized spacial score (nSPS) is 15.9. The lowest BCUT2D eigenvalue weighted by atomic mass is 9.95. The topological polar surface area (TPSA) is 69.9 Å². The number of aromatic nitrogens is 1. The summed E-state index contributed by atoms with van der Waals surface area (Å²) in [7, 11) is 1.35. The van der Waals surface area contributed by atoms with Crippen LogP contribution in [0.15, 0.2) is 75.7 Å². The molecule has 0 aliphatic carbocycles. The maximum Gasteiger partial charge on any atom is 0.338 e. The van der Waals surface area contributed by atoms with Crippen molar-refractivity contribution < 1.29 is 14.3 Å². The van der Waals surface area contributed by atoms with Gasteiger partial charge in [-0.15, -0.1) is 0 Å². The standard InChI is InChI=1S/C26H26N2O4S/c1-5-20-22(25(30)31-4)23(18-9-7-6-8-10-18)28-24(29)21(33-26(28)27-20)15-17-11-13-19(14-12-17)32-16(2)3/h6-16,23H,5H2,1-4H3/b21-15-/t23-/m0/s1. The Morgan fingerprint density at radius 3 is 2.45 bits per heavy atom. The summed E-state index contributed by atoms with van der Waals surface area (Å²) in [5.41, 5.74) is 2.57. The number of ether oxygens (including phenoxy) is 2. The van der Waals surface area contributed by atoms with E-state index in [1.165, 1.54) is 18.4 Å². The average Bonchev–Trinajstić information content (AvgIpc) is 3.13. The van der Waals surface area contributed by atoms with Gasteiger partial charge < -0.3 is 9.47 Å². The van der Waals surface area contributed by atoms with Crippen LogP contribution < -0.4 is 19.6 Å². The van der Waals surface area contributed by atoms with E-state index in [0.29, 0.717) is 27.0 Å². The molecule has 7 heteroatoms. The second-order valence-corrected chi connectivity index (χ2v) is 8.94. The van der Waals surface area contributed by atoms with Gasteiger partial charge in [-0.3, -0.25) is 9.36 Å². The van der Waals surface area contributed by atoms with Crippen LogP contribution in [0.2, 0.25) is 0 Å². The highest BCUT2D eigenvalue weighted by Crippen LogP contribution is 2.31. The van der Waals surface area contributed by atoms with Gasteiger partial charge in [0, 0.05) is 0 Å². The molecule has 1 aliphatic heterocycles. The van der Waals surface area contributed by atoms with Crippen molar-refractivity contribution in [2.75, 3.05) is 7.11 Å². The molecular weight excluding hydrogens is 436 g/mol. The van der Waals surface area contributed by atoms with E-state index in [2.05, 4.69) is 4.99 Å². The van der Waals surface area contributed by atoms with Gasteiger partial charge in [0.25, 0.3) is 5.56 Å². The highest BCUT2D eigenvalue weighted by atomic mass is 32.1. The molecule has 3 aromatic rings. The lowest BCUT2D eigenvalue weighted by molar-refractivity contribution is -0.136. The smallest absolute Gasteiger partial charge is 0.338 e. The third kappa shape index (κ3) is 4.54. The van der Waals surface area contributed by atoms with Crippen LogP contribution in [0, 0.1) is 0 Å². The molecule has 1 aliphatic rings. The van der Waals surface area contributed by atoms with Gasteiger partial charge in [0.1, 0.15) is 5.75 Å². The molecule has 2 heterocycles. The minimum atomic E-state index is -0.589. The van der Waals surface area contributed by atoms with Crippen LogP contribution >= 0.6 is 11.3 Å². The maximum absolute atomic E-state index is 13.5. The van der Waals surface area contributed by atoms with Gasteiger partial charge in [-0.1, -0.05) is 60.7 Å². The molecule has 0 radical (unpaired) electrons. The summed E-state index contributed by atoms with van der Waals surface area (Å²) in [5.74, 6) is 0.308. The Labute approximate surface area is 196 Å². The molecule has 0 N–H and O–H groups in total. The van der Waals surface area contributed by atoms with Crippen molar-refractivity contribution in [3.63, 3.8) is 0 Å². The number of hydrogen-bond donors (Lipinski definition) is 0. The number of fused-ring (bicyclic) bond motifs is 1. The van der Waals surface area contributed by atoms with E-state index < -0.39 is 12.0 Å². The fraction of sp³-hybridized carbons (Fsp3) is 0.269. The van der Waals surface area contributed by atoms with Crippen molar-refractivity contribution in [2.24, 2.45) is 4.99 Å². The number of benzene rings is 2. The first-order valence-corrected chi connectivity index (χ1v) is 11.7. The molecular formula is C26H26N2O4S. The van der Waals surface area contributed by atoms with Crippen LogP contribution in [0.5, 0.6) is 5.75 Å². The molecule has 4 rings (SSSR count). The van der Waals surface area contributed by atoms with Crippen LogP contribution in [0.4, 0.5) is 0 Å². The van der Waals surface area contributed by atoms with E-state index >= 15 is 0 Å². The first-order chi connectivity index (χ1) is 15.9. The first-order valence-electron chi connectivity index (χ1n) is 10.9. The number of hydrogen-bond acceptors (Lipinski definition) is 6. The summed E-state index contributed by atoms with van der Waals surface area (Å²) >= 11 is 1.32. The largest absolute Gasteiger partial charge is 0.491 e. The van der Waals surface area contributed by atoms with Gasteiger partial charge in [0.05, 0.1) is 35.1 Å². The summed E-state index contributed by atoms with van der Waals surface area (Å²) in [4.78, 5) is 31.6. The molecule has 0 unspecified atom stereocenters. The number of esters is 1. The Morgan fingerprint density at radius 1 is 1.15 bits per heavy atom. The molecule has 0 saturated carbocycles. The van der Waals surface area contributed by atoms with Crippen molar-refractivity contribution in [3.05, 3.63) is 96.7 Å². The number of methoxy groups -OCH3 is 1. The lowest BCUT2D eigenvalue weighted by Gasteiger charge is -2.25.